The van der Waals surface area contributed by atoms with Crippen molar-refractivity contribution >= 4 is 39.3 Å². The third-order valence-corrected chi connectivity index (χ3v) is 3.79. The summed E-state index contributed by atoms with van der Waals surface area (Å²) in [5.74, 6) is -0.507. The zero-order valence-corrected chi connectivity index (χ0v) is 10.6. The van der Waals surface area contributed by atoms with Crippen molar-refractivity contribution in [2.75, 3.05) is 0 Å². The first kappa shape index (κ1) is 11.6. The molecule has 0 saturated carbocycles. The number of hydrogen-bond donors (Lipinski definition) is 1. The Balaban J connectivity index is 2.26. The van der Waals surface area contributed by atoms with Crippen molar-refractivity contribution in [1.82, 2.24) is 5.32 Å². The van der Waals surface area contributed by atoms with E-state index < -0.39 is 0 Å². The van der Waals surface area contributed by atoms with E-state index in [0.717, 1.165) is 10.0 Å². The molecule has 1 heterocycles. The molecule has 5 heteroatoms. The van der Waals surface area contributed by atoms with Crippen LogP contribution in [-0.4, -0.2) is 11.8 Å². The van der Waals surface area contributed by atoms with Gasteiger partial charge < -0.3 is 0 Å². The number of amides is 2. The maximum atomic E-state index is 11.2. The summed E-state index contributed by atoms with van der Waals surface area (Å²) in [7, 11) is 0. The van der Waals surface area contributed by atoms with Gasteiger partial charge in [-0.1, -0.05) is 17.7 Å². The Morgan fingerprint density at radius 3 is 2.44 bits per heavy atom. The highest BCUT2D eigenvalue weighted by atomic mass is 79.9. The maximum absolute atomic E-state index is 11.2. The van der Waals surface area contributed by atoms with Crippen LogP contribution < -0.4 is 5.32 Å². The highest BCUT2D eigenvalue weighted by Crippen LogP contribution is 2.31. The van der Waals surface area contributed by atoms with Crippen molar-refractivity contribution in [3.8, 4) is 0 Å². The van der Waals surface area contributed by atoms with Crippen LogP contribution >= 0.6 is 27.5 Å². The SMILES string of the molecule is O=C1CC(c2ccc(Br)c(Cl)c2)CC(=O)N1. The molecule has 16 heavy (non-hydrogen) atoms. The molecule has 1 aromatic carbocycles. The molecule has 2 rings (SSSR count). The summed E-state index contributed by atoms with van der Waals surface area (Å²) < 4.78 is 0.810. The molecule has 0 radical (unpaired) electrons. The Labute approximate surface area is 106 Å². The molecule has 1 aromatic rings. The highest BCUT2D eigenvalue weighted by molar-refractivity contribution is 9.10. The van der Waals surface area contributed by atoms with Gasteiger partial charge in [-0.2, -0.15) is 0 Å². The molecular weight excluding hydrogens is 293 g/mol. The number of rotatable bonds is 1. The van der Waals surface area contributed by atoms with Crippen molar-refractivity contribution in [3.05, 3.63) is 33.3 Å². The van der Waals surface area contributed by atoms with Gasteiger partial charge in [-0.05, 0) is 33.6 Å². The van der Waals surface area contributed by atoms with Gasteiger partial charge in [-0.3, -0.25) is 14.9 Å². The quantitative estimate of drug-likeness (QED) is 0.811. The normalized spacial score (nSPS) is 17.4. The molecule has 0 spiro atoms. The second kappa shape index (κ2) is 4.55. The van der Waals surface area contributed by atoms with Gasteiger partial charge in [0.05, 0.1) is 5.02 Å². The van der Waals surface area contributed by atoms with Crippen molar-refractivity contribution in [2.24, 2.45) is 0 Å². The summed E-state index contributed by atoms with van der Waals surface area (Å²) in [5, 5.41) is 2.88. The van der Waals surface area contributed by atoms with Crippen LogP contribution in [0.15, 0.2) is 22.7 Å². The summed E-state index contributed by atoms with van der Waals surface area (Å²) in [4.78, 5) is 22.5. The lowest BCUT2D eigenvalue weighted by Gasteiger charge is -2.21. The number of halogens is 2. The van der Waals surface area contributed by atoms with Crippen LogP contribution in [0, 0.1) is 0 Å². The van der Waals surface area contributed by atoms with Crippen molar-refractivity contribution < 1.29 is 9.59 Å². The molecule has 1 aliphatic heterocycles. The van der Waals surface area contributed by atoms with Crippen LogP contribution in [0.3, 0.4) is 0 Å². The Bertz CT molecular complexity index is 445. The van der Waals surface area contributed by atoms with Crippen molar-refractivity contribution in [1.29, 1.82) is 0 Å². The molecular formula is C11H9BrClNO2. The van der Waals surface area contributed by atoms with E-state index in [0.29, 0.717) is 17.9 Å². The third-order valence-electron chi connectivity index (χ3n) is 2.56. The minimum absolute atomic E-state index is 0.0631. The fourth-order valence-electron chi connectivity index (χ4n) is 1.78. The molecule has 0 bridgehead atoms. The Morgan fingerprint density at radius 2 is 1.88 bits per heavy atom. The van der Waals surface area contributed by atoms with Crippen molar-refractivity contribution in [2.45, 2.75) is 18.8 Å². The largest absolute Gasteiger partial charge is 0.296 e. The monoisotopic (exact) mass is 301 g/mol. The maximum Gasteiger partial charge on any atom is 0.227 e. The van der Waals surface area contributed by atoms with Gasteiger partial charge in [0, 0.05) is 23.2 Å². The van der Waals surface area contributed by atoms with Gasteiger partial charge in [-0.15, -0.1) is 0 Å². The fourth-order valence-corrected chi connectivity index (χ4v) is 2.21. The van der Waals surface area contributed by atoms with E-state index in [4.69, 9.17) is 11.6 Å². The number of hydrogen-bond acceptors (Lipinski definition) is 2. The summed E-state index contributed by atoms with van der Waals surface area (Å²) in [6.45, 7) is 0. The van der Waals surface area contributed by atoms with E-state index in [2.05, 4.69) is 21.2 Å². The molecule has 1 aliphatic rings. The van der Waals surface area contributed by atoms with E-state index in [1.807, 2.05) is 12.1 Å². The number of piperidine rings is 1. The molecule has 84 valence electrons. The van der Waals surface area contributed by atoms with Gasteiger partial charge >= 0.3 is 0 Å². The Hall–Kier alpha value is -0.870. The van der Waals surface area contributed by atoms with Crippen LogP contribution in [0.25, 0.3) is 0 Å². The second-order valence-electron chi connectivity index (χ2n) is 3.75. The molecule has 0 aromatic heterocycles. The first-order chi connectivity index (χ1) is 7.56. The summed E-state index contributed by atoms with van der Waals surface area (Å²) in [6, 6.07) is 5.50. The predicted molar refractivity (Wildman–Crippen MR) is 64.3 cm³/mol. The first-order valence-corrected chi connectivity index (χ1v) is 6.01. The average molecular weight is 303 g/mol. The van der Waals surface area contributed by atoms with E-state index in [1.54, 1.807) is 6.07 Å². The highest BCUT2D eigenvalue weighted by Gasteiger charge is 2.26. The lowest BCUT2D eigenvalue weighted by Crippen LogP contribution is -2.37. The minimum Gasteiger partial charge on any atom is -0.296 e. The van der Waals surface area contributed by atoms with Crippen molar-refractivity contribution in [3.63, 3.8) is 0 Å². The Morgan fingerprint density at radius 1 is 1.25 bits per heavy atom. The number of imide groups is 1. The lowest BCUT2D eigenvalue weighted by atomic mass is 9.89. The van der Waals surface area contributed by atoms with Gasteiger partial charge in [-0.25, -0.2) is 0 Å². The van der Waals surface area contributed by atoms with Crippen LogP contribution in [0.4, 0.5) is 0 Å². The van der Waals surface area contributed by atoms with Gasteiger partial charge in [0.25, 0.3) is 0 Å². The molecule has 3 nitrogen and oxygen atoms in total. The molecule has 1 N–H and O–H groups in total. The molecule has 0 unspecified atom stereocenters. The van der Waals surface area contributed by atoms with Crippen LogP contribution in [0.2, 0.25) is 5.02 Å². The summed E-state index contributed by atoms with van der Waals surface area (Å²) in [6.07, 6.45) is 0.674. The lowest BCUT2D eigenvalue weighted by molar-refractivity contribution is -0.133. The van der Waals surface area contributed by atoms with E-state index in [-0.39, 0.29) is 17.7 Å². The third kappa shape index (κ3) is 2.44. The molecule has 0 atom stereocenters. The van der Waals surface area contributed by atoms with Gasteiger partial charge in [0.2, 0.25) is 11.8 Å². The van der Waals surface area contributed by atoms with Crippen LogP contribution in [-0.2, 0) is 9.59 Å². The average Bonchev–Trinajstić information content (AvgIpc) is 2.20. The number of carbonyl (C=O) groups is 2. The fraction of sp³-hybridized carbons (Fsp3) is 0.273. The number of nitrogens with one attached hydrogen (secondary N) is 1. The second-order valence-corrected chi connectivity index (χ2v) is 5.01. The number of carbonyl (C=O) groups excluding carboxylic acids is 2. The predicted octanol–water partition coefficient (Wildman–Crippen LogP) is 2.62. The summed E-state index contributed by atoms with van der Waals surface area (Å²) >= 11 is 9.27. The first-order valence-electron chi connectivity index (χ1n) is 4.84. The standard InChI is InChI=1S/C11H9BrClNO2/c12-8-2-1-6(3-9(8)13)7-4-10(15)14-11(16)5-7/h1-3,7H,4-5H2,(H,14,15,16). The summed E-state index contributed by atoms with van der Waals surface area (Å²) in [5.41, 5.74) is 0.927. The zero-order valence-electron chi connectivity index (χ0n) is 8.30. The van der Waals surface area contributed by atoms with Gasteiger partial charge in [0.15, 0.2) is 0 Å². The van der Waals surface area contributed by atoms with Crippen LogP contribution in [0.1, 0.15) is 24.3 Å². The van der Waals surface area contributed by atoms with E-state index in [1.165, 1.54) is 0 Å². The minimum atomic E-state index is -0.222. The molecule has 1 fully saturated rings. The number of benzene rings is 1. The van der Waals surface area contributed by atoms with E-state index in [9.17, 15) is 9.59 Å². The molecule has 2 amide bonds. The van der Waals surface area contributed by atoms with Crippen LogP contribution in [0.5, 0.6) is 0 Å². The Kier molecular flexibility index (Phi) is 3.30. The molecule has 1 saturated heterocycles. The zero-order chi connectivity index (χ0) is 11.7. The molecule has 0 aliphatic carbocycles. The van der Waals surface area contributed by atoms with Gasteiger partial charge in [0.1, 0.15) is 0 Å². The van der Waals surface area contributed by atoms with E-state index >= 15 is 0 Å². The smallest absolute Gasteiger partial charge is 0.227 e. The topological polar surface area (TPSA) is 46.2 Å².